The Bertz CT molecular complexity index is 1660. The highest BCUT2D eigenvalue weighted by molar-refractivity contribution is 7.99. The number of pyridine rings is 1. The molecule has 0 radical (unpaired) electrons. The molecule has 2 bridgehead atoms. The van der Waals surface area contributed by atoms with Gasteiger partial charge >= 0.3 is 0 Å². The number of benzene rings is 1. The van der Waals surface area contributed by atoms with Crippen LogP contribution < -0.4 is 0 Å². The monoisotopic (exact) mass is 525 g/mol. The lowest BCUT2D eigenvalue weighted by Gasteiger charge is -2.38. The third kappa shape index (κ3) is 4.02. The van der Waals surface area contributed by atoms with Crippen LogP contribution in [0.2, 0.25) is 0 Å². The van der Waals surface area contributed by atoms with E-state index >= 15 is 0 Å². The van der Waals surface area contributed by atoms with E-state index in [0.29, 0.717) is 16.0 Å². The molecule has 8 nitrogen and oxygen atoms in total. The van der Waals surface area contributed by atoms with Crippen molar-refractivity contribution in [3.05, 3.63) is 65.5 Å². The molecule has 0 aliphatic carbocycles. The van der Waals surface area contributed by atoms with Crippen LogP contribution >= 0.6 is 11.8 Å². The SMILES string of the molecule is CC(=O)N1[C@@H]2CC[C@H]1C[C@H](n1cc(-c3cc(Sc4ccc(F)cc4C#N)c4c(C#N)cnn4c3)c(C)n1)C2. The van der Waals surface area contributed by atoms with Gasteiger partial charge in [-0.15, -0.1) is 0 Å². The van der Waals surface area contributed by atoms with E-state index in [1.165, 1.54) is 30.1 Å². The van der Waals surface area contributed by atoms with E-state index in [9.17, 15) is 19.7 Å². The molecule has 1 aromatic carbocycles. The molecule has 3 atom stereocenters. The third-order valence-corrected chi connectivity index (χ3v) is 8.76. The van der Waals surface area contributed by atoms with Crippen molar-refractivity contribution in [2.45, 2.75) is 67.4 Å². The van der Waals surface area contributed by atoms with Crippen molar-refractivity contribution in [1.29, 1.82) is 10.5 Å². The zero-order valence-corrected chi connectivity index (χ0v) is 21.7. The summed E-state index contributed by atoms with van der Waals surface area (Å²) < 4.78 is 17.5. The summed E-state index contributed by atoms with van der Waals surface area (Å²) >= 11 is 1.31. The molecule has 0 unspecified atom stereocenters. The van der Waals surface area contributed by atoms with Crippen LogP contribution in [-0.4, -0.2) is 42.3 Å². The number of piperidine rings is 1. The van der Waals surface area contributed by atoms with Gasteiger partial charge in [-0.3, -0.25) is 9.48 Å². The fourth-order valence-electron chi connectivity index (χ4n) is 6.02. The molecular formula is C28H24FN7OS. The van der Waals surface area contributed by atoms with Crippen LogP contribution in [0.4, 0.5) is 4.39 Å². The molecule has 4 aromatic rings. The van der Waals surface area contributed by atoms with Gasteiger partial charge in [0.15, 0.2) is 0 Å². The Balaban J connectivity index is 1.39. The molecule has 2 aliphatic heterocycles. The molecule has 5 heterocycles. The van der Waals surface area contributed by atoms with E-state index < -0.39 is 5.82 Å². The minimum absolute atomic E-state index is 0.156. The largest absolute Gasteiger partial charge is 0.337 e. The van der Waals surface area contributed by atoms with Gasteiger partial charge in [-0.25, -0.2) is 8.91 Å². The second-order valence-corrected chi connectivity index (χ2v) is 11.0. The zero-order chi connectivity index (χ0) is 26.6. The average Bonchev–Trinajstić information content (AvgIpc) is 3.58. The lowest BCUT2D eigenvalue weighted by atomic mass is 9.97. The summed E-state index contributed by atoms with van der Waals surface area (Å²) in [7, 11) is 0. The van der Waals surface area contributed by atoms with Gasteiger partial charge in [-0.05, 0) is 56.9 Å². The Morgan fingerprint density at radius 1 is 1.05 bits per heavy atom. The smallest absolute Gasteiger partial charge is 0.219 e. The molecule has 0 spiro atoms. The lowest BCUT2D eigenvalue weighted by Crippen LogP contribution is -2.46. The number of amides is 1. The minimum atomic E-state index is -0.475. The van der Waals surface area contributed by atoms with Crippen molar-refractivity contribution >= 4 is 23.2 Å². The first kappa shape index (κ1) is 24.2. The molecule has 190 valence electrons. The number of rotatable bonds is 4. The standard InChI is InChI=1S/C28H24FN7OS/c1-16-25(15-34(33-16)24-9-22-4-5-23(10-24)36(22)17(2)37)19-8-27(28-20(12-31)13-32-35(28)14-19)38-26-6-3-21(29)7-18(26)11-30/h3,6-8,13-15,22-24H,4-5,9-10H2,1-2H3/t22-,23+,24-. The summed E-state index contributed by atoms with van der Waals surface area (Å²) in [6, 6.07) is 11.1. The maximum Gasteiger partial charge on any atom is 0.219 e. The van der Waals surface area contributed by atoms with Gasteiger partial charge in [0.25, 0.3) is 0 Å². The Labute approximate surface area is 223 Å². The number of nitrogens with zero attached hydrogens (tertiary/aromatic N) is 7. The lowest BCUT2D eigenvalue weighted by molar-refractivity contribution is -0.133. The van der Waals surface area contributed by atoms with E-state index in [-0.39, 0.29) is 29.6 Å². The van der Waals surface area contributed by atoms with Gasteiger partial charge in [-0.2, -0.15) is 20.7 Å². The van der Waals surface area contributed by atoms with Gasteiger partial charge < -0.3 is 4.90 Å². The summed E-state index contributed by atoms with van der Waals surface area (Å²) in [6.45, 7) is 3.63. The van der Waals surface area contributed by atoms with Gasteiger partial charge in [-0.1, -0.05) is 11.8 Å². The number of halogens is 1. The molecular weight excluding hydrogens is 501 g/mol. The molecule has 10 heteroatoms. The summed E-state index contributed by atoms with van der Waals surface area (Å²) in [6.07, 6.45) is 9.33. The van der Waals surface area contributed by atoms with Crippen molar-refractivity contribution in [3.8, 4) is 23.3 Å². The first-order valence-electron chi connectivity index (χ1n) is 12.5. The molecule has 1 amide bonds. The number of fused-ring (bicyclic) bond motifs is 3. The van der Waals surface area contributed by atoms with Crippen LogP contribution in [0.5, 0.6) is 0 Å². The first-order chi connectivity index (χ1) is 18.4. The Kier molecular flexibility index (Phi) is 5.93. The Morgan fingerprint density at radius 2 is 1.79 bits per heavy atom. The van der Waals surface area contributed by atoms with E-state index in [1.54, 1.807) is 17.5 Å². The summed E-state index contributed by atoms with van der Waals surface area (Å²) in [4.78, 5) is 15.5. The zero-order valence-electron chi connectivity index (χ0n) is 20.9. The van der Waals surface area contributed by atoms with Crippen molar-refractivity contribution < 1.29 is 9.18 Å². The molecule has 6 rings (SSSR count). The van der Waals surface area contributed by atoms with Crippen LogP contribution in [0.1, 0.15) is 55.5 Å². The van der Waals surface area contributed by atoms with Gasteiger partial charge in [0.05, 0.1) is 34.6 Å². The number of nitriles is 2. The molecule has 2 fully saturated rings. The normalized spacial score (nSPS) is 20.4. The fourth-order valence-corrected chi connectivity index (χ4v) is 7.09. The van der Waals surface area contributed by atoms with Crippen molar-refractivity contribution in [3.63, 3.8) is 0 Å². The molecule has 2 aliphatic rings. The second-order valence-electron chi connectivity index (χ2n) is 9.96. The minimum Gasteiger partial charge on any atom is -0.337 e. The predicted octanol–water partition coefficient (Wildman–Crippen LogP) is 5.25. The van der Waals surface area contributed by atoms with Crippen molar-refractivity contribution in [1.82, 2.24) is 24.3 Å². The van der Waals surface area contributed by atoms with Crippen LogP contribution in [0.15, 0.2) is 52.6 Å². The average molecular weight is 526 g/mol. The summed E-state index contributed by atoms with van der Waals surface area (Å²) in [5.41, 5.74) is 3.97. The number of carbonyl (C=O) groups excluding carboxylic acids is 1. The molecule has 2 saturated heterocycles. The van der Waals surface area contributed by atoms with Gasteiger partial charge in [0, 0.05) is 52.3 Å². The second kappa shape index (κ2) is 9.30. The van der Waals surface area contributed by atoms with Crippen LogP contribution in [-0.2, 0) is 4.79 Å². The van der Waals surface area contributed by atoms with Gasteiger partial charge in [0.2, 0.25) is 5.91 Å². The number of hydrogen-bond acceptors (Lipinski definition) is 6. The summed E-state index contributed by atoms with van der Waals surface area (Å²) in [5, 5.41) is 28.5. The topological polar surface area (TPSA) is 103 Å². The van der Waals surface area contributed by atoms with E-state index in [1.807, 2.05) is 23.9 Å². The molecule has 3 aromatic heterocycles. The molecule has 38 heavy (non-hydrogen) atoms. The number of hydrogen-bond donors (Lipinski definition) is 0. The molecule has 0 N–H and O–H groups in total. The predicted molar refractivity (Wildman–Crippen MR) is 139 cm³/mol. The maximum atomic E-state index is 13.7. The highest BCUT2D eigenvalue weighted by atomic mass is 32.2. The third-order valence-electron chi connectivity index (χ3n) is 7.65. The highest BCUT2D eigenvalue weighted by Crippen LogP contribution is 2.42. The molecule has 0 saturated carbocycles. The van der Waals surface area contributed by atoms with Crippen molar-refractivity contribution in [2.24, 2.45) is 0 Å². The Hall–Kier alpha value is -4.15. The van der Waals surface area contributed by atoms with E-state index in [4.69, 9.17) is 5.10 Å². The summed E-state index contributed by atoms with van der Waals surface area (Å²) in [5.74, 6) is -0.319. The highest BCUT2D eigenvalue weighted by Gasteiger charge is 2.42. The Morgan fingerprint density at radius 3 is 2.47 bits per heavy atom. The van der Waals surface area contributed by atoms with Crippen LogP contribution in [0.3, 0.4) is 0 Å². The maximum absolute atomic E-state index is 13.7. The first-order valence-corrected chi connectivity index (χ1v) is 13.3. The van der Waals surface area contributed by atoms with Crippen molar-refractivity contribution in [2.75, 3.05) is 0 Å². The fraction of sp³-hybridized carbons (Fsp3) is 0.321. The quantitative estimate of drug-likeness (QED) is 0.360. The number of aromatic nitrogens is 4. The number of aryl methyl sites for hydroxylation is 1. The van der Waals surface area contributed by atoms with Crippen LogP contribution in [0.25, 0.3) is 16.6 Å². The van der Waals surface area contributed by atoms with Gasteiger partial charge in [0.1, 0.15) is 18.0 Å². The number of carbonyl (C=O) groups is 1. The van der Waals surface area contributed by atoms with Crippen LogP contribution in [0, 0.1) is 35.4 Å². The van der Waals surface area contributed by atoms with E-state index in [2.05, 4.69) is 28.3 Å². The van der Waals surface area contributed by atoms with E-state index in [0.717, 1.165) is 47.4 Å².